The Morgan fingerprint density at radius 3 is 2.04 bits per heavy atom. The molecular weight excluding hydrogens is 318 g/mol. The Labute approximate surface area is 146 Å². The number of anilines is 1. The van der Waals surface area contributed by atoms with E-state index in [0.29, 0.717) is 10.6 Å². The summed E-state index contributed by atoms with van der Waals surface area (Å²) < 4.78 is 0. The number of para-hydroxylation sites is 1. The van der Waals surface area contributed by atoms with Crippen molar-refractivity contribution in [2.75, 3.05) is 5.32 Å². The van der Waals surface area contributed by atoms with Crippen LogP contribution in [0.3, 0.4) is 0 Å². The molecule has 0 aliphatic heterocycles. The van der Waals surface area contributed by atoms with Gasteiger partial charge >= 0.3 is 0 Å². The number of nitrogens with one attached hydrogen (secondary N) is 1. The van der Waals surface area contributed by atoms with E-state index in [1.807, 2.05) is 91.0 Å². The molecule has 0 radical (unpaired) electrons. The van der Waals surface area contributed by atoms with Crippen molar-refractivity contribution in [3.63, 3.8) is 0 Å². The molecule has 0 saturated carbocycles. The van der Waals surface area contributed by atoms with Gasteiger partial charge in [0.2, 0.25) is 0 Å². The first-order valence-corrected chi connectivity index (χ1v) is 8.00. The van der Waals surface area contributed by atoms with Crippen LogP contribution in [0.15, 0.2) is 84.9 Å². The van der Waals surface area contributed by atoms with E-state index in [-0.39, 0.29) is 5.91 Å². The number of benzene rings is 3. The largest absolute Gasteiger partial charge is 0.322 e. The topological polar surface area (TPSA) is 29.1 Å². The average molecular weight is 334 g/mol. The SMILES string of the molecule is O=C(Nc1ccccc1)/C(=C/c1ccccc1Cl)c1ccccc1. The van der Waals surface area contributed by atoms with Gasteiger partial charge in [-0.25, -0.2) is 0 Å². The van der Waals surface area contributed by atoms with Crippen LogP contribution < -0.4 is 5.32 Å². The summed E-state index contributed by atoms with van der Waals surface area (Å²) in [7, 11) is 0. The molecule has 0 atom stereocenters. The monoisotopic (exact) mass is 333 g/mol. The maximum Gasteiger partial charge on any atom is 0.256 e. The molecule has 0 heterocycles. The fraction of sp³-hybridized carbons (Fsp3) is 0. The van der Waals surface area contributed by atoms with Crippen LogP contribution in [-0.4, -0.2) is 5.91 Å². The molecule has 0 bridgehead atoms. The highest BCUT2D eigenvalue weighted by molar-refractivity contribution is 6.34. The third kappa shape index (κ3) is 3.92. The summed E-state index contributed by atoms with van der Waals surface area (Å²) in [6.07, 6.45) is 1.82. The van der Waals surface area contributed by atoms with Crippen LogP contribution in [0.25, 0.3) is 11.6 Å². The van der Waals surface area contributed by atoms with E-state index in [1.165, 1.54) is 0 Å². The van der Waals surface area contributed by atoms with Gasteiger partial charge in [-0.3, -0.25) is 4.79 Å². The number of hydrogen-bond acceptors (Lipinski definition) is 1. The number of halogens is 1. The van der Waals surface area contributed by atoms with E-state index in [1.54, 1.807) is 0 Å². The van der Waals surface area contributed by atoms with Crippen LogP contribution in [0.4, 0.5) is 5.69 Å². The van der Waals surface area contributed by atoms with E-state index in [2.05, 4.69) is 5.32 Å². The van der Waals surface area contributed by atoms with Crippen LogP contribution in [0, 0.1) is 0 Å². The molecule has 0 aliphatic carbocycles. The molecule has 2 nitrogen and oxygen atoms in total. The first kappa shape index (κ1) is 16.0. The molecule has 1 amide bonds. The van der Waals surface area contributed by atoms with E-state index in [9.17, 15) is 4.79 Å². The van der Waals surface area contributed by atoms with Crippen molar-refractivity contribution >= 4 is 34.8 Å². The maximum absolute atomic E-state index is 12.8. The number of hydrogen-bond donors (Lipinski definition) is 1. The third-order valence-corrected chi connectivity index (χ3v) is 3.91. The Kier molecular flexibility index (Phi) is 5.09. The molecule has 3 rings (SSSR count). The summed E-state index contributed by atoms with van der Waals surface area (Å²) in [4.78, 5) is 12.8. The van der Waals surface area contributed by atoms with Crippen molar-refractivity contribution in [1.82, 2.24) is 0 Å². The van der Waals surface area contributed by atoms with Crippen molar-refractivity contribution in [3.05, 3.63) is 101 Å². The zero-order valence-electron chi connectivity index (χ0n) is 12.9. The Bertz CT molecular complexity index is 857. The number of carbonyl (C=O) groups excluding carboxylic acids is 1. The highest BCUT2D eigenvalue weighted by Crippen LogP contribution is 2.24. The molecule has 1 N–H and O–H groups in total. The van der Waals surface area contributed by atoms with Crippen LogP contribution in [-0.2, 0) is 4.79 Å². The molecule has 3 aromatic rings. The maximum atomic E-state index is 12.8. The highest BCUT2D eigenvalue weighted by atomic mass is 35.5. The molecule has 0 unspecified atom stereocenters. The number of rotatable bonds is 4. The van der Waals surface area contributed by atoms with E-state index in [0.717, 1.165) is 16.8 Å². The summed E-state index contributed by atoms with van der Waals surface area (Å²) >= 11 is 6.24. The minimum atomic E-state index is -0.174. The molecule has 3 heteroatoms. The average Bonchev–Trinajstić information content (AvgIpc) is 2.62. The minimum Gasteiger partial charge on any atom is -0.322 e. The van der Waals surface area contributed by atoms with E-state index in [4.69, 9.17) is 11.6 Å². The van der Waals surface area contributed by atoms with Crippen molar-refractivity contribution in [3.8, 4) is 0 Å². The predicted molar refractivity (Wildman–Crippen MR) is 101 cm³/mol. The second-order valence-corrected chi connectivity index (χ2v) is 5.67. The van der Waals surface area contributed by atoms with Crippen LogP contribution in [0.1, 0.15) is 11.1 Å². The zero-order chi connectivity index (χ0) is 16.8. The lowest BCUT2D eigenvalue weighted by molar-refractivity contribution is -0.111. The quantitative estimate of drug-likeness (QED) is 0.494. The first-order valence-electron chi connectivity index (χ1n) is 7.62. The van der Waals surface area contributed by atoms with Gasteiger partial charge in [0, 0.05) is 16.3 Å². The molecule has 0 spiro atoms. The zero-order valence-corrected chi connectivity index (χ0v) is 13.7. The molecule has 0 aliphatic rings. The Morgan fingerprint density at radius 2 is 1.38 bits per heavy atom. The van der Waals surface area contributed by atoms with Gasteiger partial charge in [0.05, 0.1) is 0 Å². The normalized spacial score (nSPS) is 11.1. The van der Waals surface area contributed by atoms with Crippen molar-refractivity contribution in [1.29, 1.82) is 0 Å². The standard InChI is InChI=1S/C21H16ClNO/c22-20-14-8-7-11-17(20)15-19(16-9-3-1-4-10-16)21(24)23-18-12-5-2-6-13-18/h1-15H,(H,23,24)/b19-15+. The summed E-state index contributed by atoms with van der Waals surface area (Å²) in [5.41, 5.74) is 2.96. The van der Waals surface area contributed by atoms with Gasteiger partial charge in [-0.05, 0) is 35.4 Å². The number of amides is 1. The van der Waals surface area contributed by atoms with Gasteiger partial charge in [0.25, 0.3) is 5.91 Å². The van der Waals surface area contributed by atoms with Gasteiger partial charge in [0.1, 0.15) is 0 Å². The minimum absolute atomic E-state index is 0.174. The van der Waals surface area contributed by atoms with Crippen LogP contribution in [0.5, 0.6) is 0 Å². The summed E-state index contributed by atoms with van der Waals surface area (Å²) in [5.74, 6) is -0.174. The third-order valence-electron chi connectivity index (χ3n) is 3.57. The fourth-order valence-corrected chi connectivity index (χ4v) is 2.56. The summed E-state index contributed by atoms with van der Waals surface area (Å²) in [6, 6.07) is 26.4. The van der Waals surface area contributed by atoms with Crippen molar-refractivity contribution in [2.24, 2.45) is 0 Å². The lowest BCUT2D eigenvalue weighted by Crippen LogP contribution is -2.13. The van der Waals surface area contributed by atoms with E-state index >= 15 is 0 Å². The van der Waals surface area contributed by atoms with Gasteiger partial charge in [-0.15, -0.1) is 0 Å². The second-order valence-electron chi connectivity index (χ2n) is 5.27. The van der Waals surface area contributed by atoms with E-state index < -0.39 is 0 Å². The lowest BCUT2D eigenvalue weighted by Gasteiger charge is -2.10. The molecule has 3 aromatic carbocycles. The highest BCUT2D eigenvalue weighted by Gasteiger charge is 2.13. The lowest BCUT2D eigenvalue weighted by atomic mass is 10.0. The van der Waals surface area contributed by atoms with Crippen molar-refractivity contribution in [2.45, 2.75) is 0 Å². The van der Waals surface area contributed by atoms with Gasteiger partial charge in [0.15, 0.2) is 0 Å². The summed E-state index contributed by atoms with van der Waals surface area (Å²) in [6.45, 7) is 0. The molecule has 24 heavy (non-hydrogen) atoms. The van der Waals surface area contributed by atoms with Gasteiger partial charge < -0.3 is 5.32 Å². The molecule has 0 aromatic heterocycles. The Hall–Kier alpha value is -2.84. The number of carbonyl (C=O) groups is 1. The van der Waals surface area contributed by atoms with Crippen LogP contribution >= 0.6 is 11.6 Å². The molecule has 0 saturated heterocycles. The molecule has 0 fully saturated rings. The van der Waals surface area contributed by atoms with Crippen LogP contribution in [0.2, 0.25) is 5.02 Å². The molecular formula is C21H16ClNO. The van der Waals surface area contributed by atoms with Crippen molar-refractivity contribution < 1.29 is 4.79 Å². The van der Waals surface area contributed by atoms with Gasteiger partial charge in [-0.1, -0.05) is 78.3 Å². The van der Waals surface area contributed by atoms with Gasteiger partial charge in [-0.2, -0.15) is 0 Å². The second kappa shape index (κ2) is 7.62. The predicted octanol–water partition coefficient (Wildman–Crippen LogP) is 5.52. The smallest absolute Gasteiger partial charge is 0.256 e. The Balaban J connectivity index is 2.00. The Morgan fingerprint density at radius 1 is 0.792 bits per heavy atom. The first-order chi connectivity index (χ1) is 11.7. The summed E-state index contributed by atoms with van der Waals surface area (Å²) in [5, 5.41) is 3.54. The molecule has 118 valence electrons. The fourth-order valence-electron chi connectivity index (χ4n) is 2.37.